The number of nitrogens with two attached hydrogens (primary N) is 1. The van der Waals surface area contributed by atoms with Gasteiger partial charge in [0.15, 0.2) is 0 Å². The fourth-order valence-electron chi connectivity index (χ4n) is 1.92. The van der Waals surface area contributed by atoms with Gasteiger partial charge >= 0.3 is 0 Å². The van der Waals surface area contributed by atoms with E-state index >= 15 is 0 Å². The second kappa shape index (κ2) is 4.95. The summed E-state index contributed by atoms with van der Waals surface area (Å²) >= 11 is 0. The lowest BCUT2D eigenvalue weighted by Crippen LogP contribution is -2.45. The summed E-state index contributed by atoms with van der Waals surface area (Å²) in [4.78, 5) is 0. The monoisotopic (exact) mass is 225 g/mol. The number of hydrogen-bond donors (Lipinski definition) is 1. The third kappa shape index (κ3) is 2.61. The van der Waals surface area contributed by atoms with Crippen LogP contribution in [-0.2, 0) is 23.1 Å². The summed E-state index contributed by atoms with van der Waals surface area (Å²) in [6.45, 7) is 2.54. The van der Waals surface area contributed by atoms with E-state index in [0.717, 1.165) is 31.7 Å². The van der Waals surface area contributed by atoms with Gasteiger partial charge in [-0.05, 0) is 6.07 Å². The zero-order valence-electron chi connectivity index (χ0n) is 9.69. The molecule has 0 radical (unpaired) electrons. The molecule has 1 aliphatic heterocycles. The topological polar surface area (TPSA) is 62.3 Å². The maximum Gasteiger partial charge on any atom is 0.0914 e. The lowest BCUT2D eigenvalue weighted by Gasteiger charge is -2.35. The predicted molar refractivity (Wildman–Crippen MR) is 59.8 cm³/mol. The highest BCUT2D eigenvalue weighted by molar-refractivity contribution is 4.97. The van der Waals surface area contributed by atoms with Crippen molar-refractivity contribution in [1.82, 2.24) is 9.78 Å². The van der Waals surface area contributed by atoms with Crippen molar-refractivity contribution in [3.8, 4) is 0 Å². The molecule has 1 saturated heterocycles. The number of aryl methyl sites for hydroxylation is 1. The van der Waals surface area contributed by atoms with Crippen LogP contribution in [0.1, 0.15) is 18.5 Å². The molecule has 5 heteroatoms. The Morgan fingerprint density at radius 3 is 2.88 bits per heavy atom. The summed E-state index contributed by atoms with van der Waals surface area (Å²) < 4.78 is 13.0. The van der Waals surface area contributed by atoms with E-state index in [1.807, 2.05) is 19.3 Å². The summed E-state index contributed by atoms with van der Waals surface area (Å²) in [6.07, 6.45) is 3.66. The molecule has 0 aliphatic carbocycles. The molecule has 5 nitrogen and oxygen atoms in total. The van der Waals surface area contributed by atoms with Crippen LogP contribution in [-0.4, -0.2) is 35.1 Å². The first kappa shape index (κ1) is 11.6. The van der Waals surface area contributed by atoms with Gasteiger partial charge in [0, 0.05) is 45.8 Å². The van der Waals surface area contributed by atoms with Crippen molar-refractivity contribution >= 4 is 0 Å². The van der Waals surface area contributed by atoms with Gasteiger partial charge in [-0.25, -0.2) is 0 Å². The SMILES string of the molecule is Cn1ccc(COC2(CN)CCOCC2)n1. The van der Waals surface area contributed by atoms with Gasteiger partial charge in [0.05, 0.1) is 17.9 Å². The summed E-state index contributed by atoms with van der Waals surface area (Å²) in [5.74, 6) is 0. The molecule has 2 rings (SSSR count). The summed E-state index contributed by atoms with van der Waals surface area (Å²) in [5, 5.41) is 4.28. The number of hydrogen-bond acceptors (Lipinski definition) is 4. The maximum atomic E-state index is 5.94. The van der Waals surface area contributed by atoms with E-state index in [1.165, 1.54) is 0 Å². The minimum Gasteiger partial charge on any atom is -0.381 e. The van der Waals surface area contributed by atoms with Gasteiger partial charge in [-0.1, -0.05) is 0 Å². The van der Waals surface area contributed by atoms with Crippen molar-refractivity contribution in [2.75, 3.05) is 19.8 Å². The fourth-order valence-corrected chi connectivity index (χ4v) is 1.92. The smallest absolute Gasteiger partial charge is 0.0914 e. The molecule has 2 heterocycles. The second-order valence-corrected chi connectivity index (χ2v) is 4.27. The fraction of sp³-hybridized carbons (Fsp3) is 0.727. The van der Waals surface area contributed by atoms with Crippen molar-refractivity contribution in [2.45, 2.75) is 25.0 Å². The first-order valence-corrected chi connectivity index (χ1v) is 5.64. The molecule has 1 aromatic heterocycles. The Balaban J connectivity index is 1.91. The third-order valence-corrected chi connectivity index (χ3v) is 3.07. The van der Waals surface area contributed by atoms with Gasteiger partial charge in [-0.2, -0.15) is 5.10 Å². The normalized spacial score (nSPS) is 19.9. The standard InChI is InChI=1S/C11H19N3O2/c1-14-5-2-10(13-14)8-16-11(9-12)3-6-15-7-4-11/h2,5H,3-4,6-9,12H2,1H3. The Morgan fingerprint density at radius 1 is 1.56 bits per heavy atom. The Morgan fingerprint density at radius 2 is 2.31 bits per heavy atom. The number of aromatic nitrogens is 2. The average molecular weight is 225 g/mol. The van der Waals surface area contributed by atoms with E-state index in [0.29, 0.717) is 13.2 Å². The van der Waals surface area contributed by atoms with Crippen LogP contribution in [0.4, 0.5) is 0 Å². The molecule has 16 heavy (non-hydrogen) atoms. The van der Waals surface area contributed by atoms with Gasteiger partial charge in [0.25, 0.3) is 0 Å². The van der Waals surface area contributed by atoms with E-state index in [2.05, 4.69) is 5.10 Å². The molecule has 0 atom stereocenters. The quantitative estimate of drug-likeness (QED) is 0.808. The van der Waals surface area contributed by atoms with Gasteiger partial charge in [-0.15, -0.1) is 0 Å². The molecular formula is C11H19N3O2. The molecule has 0 bridgehead atoms. The number of ether oxygens (including phenoxy) is 2. The summed E-state index contributed by atoms with van der Waals surface area (Å²) in [5.41, 5.74) is 6.54. The number of nitrogens with zero attached hydrogens (tertiary/aromatic N) is 2. The molecule has 0 saturated carbocycles. The van der Waals surface area contributed by atoms with Gasteiger partial charge in [-0.3, -0.25) is 4.68 Å². The molecule has 2 N–H and O–H groups in total. The van der Waals surface area contributed by atoms with Crippen LogP contribution in [0.2, 0.25) is 0 Å². The molecule has 0 amide bonds. The second-order valence-electron chi connectivity index (χ2n) is 4.27. The summed E-state index contributed by atoms with van der Waals surface area (Å²) in [7, 11) is 1.90. The Kier molecular flexibility index (Phi) is 3.58. The van der Waals surface area contributed by atoms with E-state index in [-0.39, 0.29) is 5.60 Å². The van der Waals surface area contributed by atoms with Crippen molar-refractivity contribution in [2.24, 2.45) is 12.8 Å². The minimum absolute atomic E-state index is 0.213. The van der Waals surface area contributed by atoms with Crippen LogP contribution < -0.4 is 5.73 Å². The Hall–Kier alpha value is -0.910. The first-order chi connectivity index (χ1) is 7.74. The predicted octanol–water partition coefficient (Wildman–Crippen LogP) is 0.445. The van der Waals surface area contributed by atoms with Crippen LogP contribution in [0.5, 0.6) is 0 Å². The molecule has 1 fully saturated rings. The van der Waals surface area contributed by atoms with Crippen LogP contribution in [0.25, 0.3) is 0 Å². The van der Waals surface area contributed by atoms with Crippen LogP contribution in [0.3, 0.4) is 0 Å². The molecule has 90 valence electrons. The minimum atomic E-state index is -0.213. The van der Waals surface area contributed by atoms with Gasteiger partial charge in [0.2, 0.25) is 0 Å². The van der Waals surface area contributed by atoms with Gasteiger partial charge in [0.1, 0.15) is 0 Å². The Bertz CT molecular complexity index is 332. The first-order valence-electron chi connectivity index (χ1n) is 5.64. The van der Waals surface area contributed by atoms with Crippen molar-refractivity contribution in [3.63, 3.8) is 0 Å². The lowest BCUT2D eigenvalue weighted by molar-refractivity contribution is -0.113. The zero-order valence-corrected chi connectivity index (χ0v) is 9.69. The van der Waals surface area contributed by atoms with Crippen LogP contribution in [0, 0.1) is 0 Å². The molecule has 0 aromatic carbocycles. The zero-order chi connectivity index (χ0) is 11.4. The van der Waals surface area contributed by atoms with E-state index in [4.69, 9.17) is 15.2 Å². The molecule has 0 unspecified atom stereocenters. The molecule has 0 spiro atoms. The largest absolute Gasteiger partial charge is 0.381 e. The van der Waals surface area contributed by atoms with E-state index < -0.39 is 0 Å². The molecule has 1 aromatic rings. The molecule has 1 aliphatic rings. The third-order valence-electron chi connectivity index (χ3n) is 3.07. The highest BCUT2D eigenvalue weighted by Crippen LogP contribution is 2.24. The van der Waals surface area contributed by atoms with Crippen molar-refractivity contribution in [1.29, 1.82) is 0 Å². The van der Waals surface area contributed by atoms with Crippen LogP contribution >= 0.6 is 0 Å². The Labute approximate surface area is 95.5 Å². The molecular weight excluding hydrogens is 206 g/mol. The van der Waals surface area contributed by atoms with Crippen molar-refractivity contribution < 1.29 is 9.47 Å². The van der Waals surface area contributed by atoms with Gasteiger partial charge < -0.3 is 15.2 Å². The maximum absolute atomic E-state index is 5.94. The highest BCUT2D eigenvalue weighted by atomic mass is 16.5. The van der Waals surface area contributed by atoms with E-state index in [1.54, 1.807) is 4.68 Å². The average Bonchev–Trinajstić information content (AvgIpc) is 2.74. The van der Waals surface area contributed by atoms with Crippen molar-refractivity contribution in [3.05, 3.63) is 18.0 Å². The lowest BCUT2D eigenvalue weighted by atomic mass is 9.94. The van der Waals surface area contributed by atoms with E-state index in [9.17, 15) is 0 Å². The van der Waals surface area contributed by atoms with Crippen LogP contribution in [0.15, 0.2) is 12.3 Å². The highest BCUT2D eigenvalue weighted by Gasteiger charge is 2.32. The summed E-state index contributed by atoms with van der Waals surface area (Å²) in [6, 6.07) is 1.96. The number of rotatable bonds is 4.